The lowest BCUT2D eigenvalue weighted by molar-refractivity contribution is -0.118. The summed E-state index contributed by atoms with van der Waals surface area (Å²) in [6, 6.07) is 17.2. The first-order valence-corrected chi connectivity index (χ1v) is 10.9. The highest BCUT2D eigenvalue weighted by Crippen LogP contribution is 2.34. The zero-order valence-corrected chi connectivity index (χ0v) is 18.1. The van der Waals surface area contributed by atoms with E-state index in [-0.39, 0.29) is 19.1 Å². The van der Waals surface area contributed by atoms with E-state index in [1.54, 1.807) is 11.1 Å². The van der Waals surface area contributed by atoms with E-state index in [0.717, 1.165) is 25.9 Å². The highest BCUT2D eigenvalue weighted by atomic mass is 79.9. The maximum Gasteiger partial charge on any atom is 0.233 e. The van der Waals surface area contributed by atoms with Crippen molar-refractivity contribution in [3.8, 4) is 11.5 Å². The molecular formula is C22H16BrN3O3S. The maximum atomic E-state index is 13.3. The molecule has 1 aliphatic heterocycles. The van der Waals surface area contributed by atoms with Crippen LogP contribution in [0.4, 0.5) is 5.13 Å². The predicted octanol–water partition coefficient (Wildman–Crippen LogP) is 4.96. The Bertz CT molecular complexity index is 1230. The molecule has 0 saturated carbocycles. The fourth-order valence-electron chi connectivity index (χ4n) is 3.24. The van der Waals surface area contributed by atoms with Gasteiger partial charge < -0.3 is 9.47 Å². The van der Waals surface area contributed by atoms with Gasteiger partial charge in [0, 0.05) is 10.7 Å². The molecule has 6 nitrogen and oxygen atoms in total. The lowest BCUT2D eigenvalue weighted by Gasteiger charge is -2.19. The summed E-state index contributed by atoms with van der Waals surface area (Å²) in [6.07, 6.45) is 1.95. The van der Waals surface area contributed by atoms with Crippen LogP contribution in [-0.4, -0.2) is 22.7 Å². The number of benzene rings is 2. The summed E-state index contributed by atoms with van der Waals surface area (Å²) in [7, 11) is 0. The molecule has 4 aromatic rings. The summed E-state index contributed by atoms with van der Waals surface area (Å²) in [4.78, 5) is 24.1. The SMILES string of the molecule is O=C(Cc1ccc2c(c1)OCO2)N(Cc1ccccn1)c1nc2ccc(Br)cc2s1. The van der Waals surface area contributed by atoms with Crippen molar-refractivity contribution < 1.29 is 14.3 Å². The second kappa shape index (κ2) is 8.04. The predicted molar refractivity (Wildman–Crippen MR) is 119 cm³/mol. The zero-order valence-electron chi connectivity index (χ0n) is 15.7. The van der Waals surface area contributed by atoms with Crippen molar-refractivity contribution in [2.75, 3.05) is 11.7 Å². The van der Waals surface area contributed by atoms with Crippen molar-refractivity contribution in [3.63, 3.8) is 0 Å². The molecule has 1 aliphatic rings. The fourth-order valence-corrected chi connectivity index (χ4v) is 4.77. The molecule has 30 heavy (non-hydrogen) atoms. The molecule has 0 aliphatic carbocycles. The van der Waals surface area contributed by atoms with Gasteiger partial charge >= 0.3 is 0 Å². The van der Waals surface area contributed by atoms with Crippen LogP contribution in [-0.2, 0) is 17.8 Å². The number of thiazole rings is 1. The van der Waals surface area contributed by atoms with Crippen LogP contribution in [0.25, 0.3) is 10.2 Å². The first-order valence-electron chi connectivity index (χ1n) is 9.30. The van der Waals surface area contributed by atoms with Crippen LogP contribution >= 0.6 is 27.3 Å². The van der Waals surface area contributed by atoms with Crippen LogP contribution in [0.1, 0.15) is 11.3 Å². The number of carbonyl (C=O) groups excluding carboxylic acids is 1. The van der Waals surface area contributed by atoms with Gasteiger partial charge in [-0.05, 0) is 48.0 Å². The molecule has 3 heterocycles. The quantitative estimate of drug-likeness (QED) is 0.403. The van der Waals surface area contributed by atoms with Gasteiger partial charge in [-0.25, -0.2) is 4.98 Å². The average Bonchev–Trinajstić information content (AvgIpc) is 3.38. The Morgan fingerprint density at radius 2 is 2.00 bits per heavy atom. The number of fused-ring (bicyclic) bond motifs is 2. The molecule has 5 rings (SSSR count). The molecule has 0 spiro atoms. The molecule has 8 heteroatoms. The summed E-state index contributed by atoms with van der Waals surface area (Å²) >= 11 is 4.99. The molecule has 0 radical (unpaired) electrons. The van der Waals surface area contributed by atoms with Gasteiger partial charge in [0.15, 0.2) is 16.6 Å². The van der Waals surface area contributed by atoms with Gasteiger partial charge in [-0.1, -0.05) is 39.4 Å². The Kier molecular flexibility index (Phi) is 5.10. The Balaban J connectivity index is 1.47. The van der Waals surface area contributed by atoms with Crippen molar-refractivity contribution in [2.24, 2.45) is 0 Å². The third-order valence-electron chi connectivity index (χ3n) is 4.71. The standard InChI is InChI=1S/C22H16BrN3O3S/c23-15-5-6-17-20(11-15)30-22(25-17)26(12-16-3-1-2-8-24-16)21(27)10-14-4-7-18-19(9-14)29-13-28-18/h1-9,11H,10,12-13H2. The molecule has 2 aromatic carbocycles. The van der Waals surface area contributed by atoms with Gasteiger partial charge in [0.05, 0.1) is 28.9 Å². The maximum absolute atomic E-state index is 13.3. The lowest BCUT2D eigenvalue weighted by atomic mass is 10.1. The number of hydrogen-bond acceptors (Lipinski definition) is 6. The van der Waals surface area contributed by atoms with E-state index in [1.807, 2.05) is 54.6 Å². The molecule has 0 unspecified atom stereocenters. The van der Waals surface area contributed by atoms with E-state index in [4.69, 9.17) is 14.5 Å². The highest BCUT2D eigenvalue weighted by Gasteiger charge is 2.22. The second-order valence-electron chi connectivity index (χ2n) is 6.77. The van der Waals surface area contributed by atoms with Crippen LogP contribution in [0.3, 0.4) is 0 Å². The number of aromatic nitrogens is 2. The second-order valence-corrected chi connectivity index (χ2v) is 8.70. The number of carbonyl (C=O) groups is 1. The monoisotopic (exact) mass is 481 g/mol. The summed E-state index contributed by atoms with van der Waals surface area (Å²) in [5.41, 5.74) is 2.52. The Morgan fingerprint density at radius 3 is 2.87 bits per heavy atom. The smallest absolute Gasteiger partial charge is 0.233 e. The molecule has 2 aromatic heterocycles. The molecular weight excluding hydrogens is 466 g/mol. The summed E-state index contributed by atoms with van der Waals surface area (Å²) in [5.74, 6) is 1.31. The van der Waals surface area contributed by atoms with Gasteiger partial charge in [0.2, 0.25) is 12.7 Å². The van der Waals surface area contributed by atoms with Crippen molar-refractivity contribution in [1.29, 1.82) is 0 Å². The van der Waals surface area contributed by atoms with Crippen LogP contribution in [0.5, 0.6) is 11.5 Å². The minimum absolute atomic E-state index is 0.0577. The number of halogens is 1. The zero-order chi connectivity index (χ0) is 20.5. The number of rotatable bonds is 5. The minimum atomic E-state index is -0.0577. The lowest BCUT2D eigenvalue weighted by Crippen LogP contribution is -2.32. The summed E-state index contributed by atoms with van der Waals surface area (Å²) < 4.78 is 12.8. The molecule has 1 amide bonds. The van der Waals surface area contributed by atoms with E-state index in [0.29, 0.717) is 23.2 Å². The molecule has 150 valence electrons. The van der Waals surface area contributed by atoms with E-state index in [9.17, 15) is 4.79 Å². The first kappa shape index (κ1) is 19.0. The first-order chi connectivity index (χ1) is 14.7. The van der Waals surface area contributed by atoms with Gasteiger partial charge in [0.1, 0.15) is 0 Å². The van der Waals surface area contributed by atoms with Crippen molar-refractivity contribution in [2.45, 2.75) is 13.0 Å². The van der Waals surface area contributed by atoms with E-state index in [1.165, 1.54) is 11.3 Å². The molecule has 0 fully saturated rings. The van der Waals surface area contributed by atoms with Gasteiger partial charge in [0.25, 0.3) is 0 Å². The van der Waals surface area contributed by atoms with Crippen molar-refractivity contribution in [3.05, 3.63) is 76.5 Å². The number of nitrogens with zero attached hydrogens (tertiary/aromatic N) is 3. The van der Waals surface area contributed by atoms with Crippen LogP contribution in [0.2, 0.25) is 0 Å². The number of ether oxygens (including phenoxy) is 2. The van der Waals surface area contributed by atoms with Crippen LogP contribution in [0, 0.1) is 0 Å². The Morgan fingerprint density at radius 1 is 1.10 bits per heavy atom. The van der Waals surface area contributed by atoms with Gasteiger partial charge in [-0.15, -0.1) is 0 Å². The number of amides is 1. The van der Waals surface area contributed by atoms with Gasteiger partial charge in [-0.2, -0.15) is 0 Å². The normalized spacial score (nSPS) is 12.3. The van der Waals surface area contributed by atoms with Gasteiger partial charge in [-0.3, -0.25) is 14.7 Å². The fraction of sp³-hybridized carbons (Fsp3) is 0.136. The largest absolute Gasteiger partial charge is 0.454 e. The Hall–Kier alpha value is -2.97. The molecule has 0 N–H and O–H groups in total. The van der Waals surface area contributed by atoms with Crippen LogP contribution in [0.15, 0.2) is 65.3 Å². The van der Waals surface area contributed by atoms with E-state index in [2.05, 4.69) is 20.9 Å². The number of pyridine rings is 1. The van der Waals surface area contributed by atoms with Crippen molar-refractivity contribution >= 4 is 48.5 Å². The Labute approximate surface area is 185 Å². The minimum Gasteiger partial charge on any atom is -0.454 e. The topological polar surface area (TPSA) is 64.6 Å². The molecule has 0 saturated heterocycles. The highest BCUT2D eigenvalue weighted by molar-refractivity contribution is 9.10. The molecule has 0 bridgehead atoms. The van der Waals surface area contributed by atoms with Crippen molar-refractivity contribution in [1.82, 2.24) is 9.97 Å². The summed E-state index contributed by atoms with van der Waals surface area (Å²) in [6.45, 7) is 0.561. The molecule has 0 atom stereocenters. The number of anilines is 1. The van der Waals surface area contributed by atoms with E-state index < -0.39 is 0 Å². The summed E-state index contributed by atoms with van der Waals surface area (Å²) in [5, 5.41) is 0.652. The number of hydrogen-bond donors (Lipinski definition) is 0. The third-order valence-corrected chi connectivity index (χ3v) is 6.24. The average molecular weight is 482 g/mol. The third kappa shape index (κ3) is 3.88. The van der Waals surface area contributed by atoms with E-state index >= 15 is 0 Å². The van der Waals surface area contributed by atoms with Crippen LogP contribution < -0.4 is 14.4 Å².